The lowest BCUT2D eigenvalue weighted by Crippen LogP contribution is -2.43. The highest BCUT2D eigenvalue weighted by Crippen LogP contribution is 2.29. The number of anilines is 2. The Morgan fingerprint density at radius 3 is 2.60 bits per heavy atom. The van der Waals surface area contributed by atoms with Gasteiger partial charge in [-0.15, -0.1) is 0 Å². The summed E-state index contributed by atoms with van der Waals surface area (Å²) >= 11 is 0. The zero-order valence-electron chi connectivity index (χ0n) is 12.3. The molecule has 0 aliphatic carbocycles. The van der Waals surface area contributed by atoms with E-state index in [4.69, 9.17) is 11.5 Å². The lowest BCUT2D eigenvalue weighted by Gasteiger charge is -2.38. The molecule has 0 saturated carbocycles. The van der Waals surface area contributed by atoms with Gasteiger partial charge in [-0.1, -0.05) is 6.92 Å². The molecule has 1 fully saturated rings. The number of amides is 1. The molecule has 1 aromatic carbocycles. The van der Waals surface area contributed by atoms with Crippen LogP contribution in [-0.2, 0) is 0 Å². The molecule has 0 radical (unpaired) electrons. The van der Waals surface area contributed by atoms with Crippen LogP contribution in [0, 0.1) is 5.41 Å². The molecule has 0 bridgehead atoms. The average Bonchev–Trinajstić information content (AvgIpc) is 2.40. The maximum Gasteiger partial charge on any atom is 0.253 e. The Kier molecular flexibility index (Phi) is 4.18. The van der Waals surface area contributed by atoms with Crippen molar-refractivity contribution in [3.63, 3.8) is 0 Å². The number of nitrogen functional groups attached to an aromatic ring is 2. The molecule has 1 aliphatic rings. The number of carbonyl (C=O) groups excluding carboxylic acids is 1. The fourth-order valence-corrected chi connectivity index (χ4v) is 2.51. The van der Waals surface area contributed by atoms with E-state index in [2.05, 4.69) is 24.2 Å². The Hall–Kier alpha value is -1.75. The van der Waals surface area contributed by atoms with Crippen LogP contribution in [0.15, 0.2) is 18.2 Å². The minimum absolute atomic E-state index is 0.123. The summed E-state index contributed by atoms with van der Waals surface area (Å²) in [6.45, 7) is 5.07. The van der Waals surface area contributed by atoms with E-state index in [1.807, 2.05) is 0 Å². The van der Waals surface area contributed by atoms with Crippen LogP contribution in [0.4, 0.5) is 11.4 Å². The molecule has 5 N–H and O–H groups in total. The van der Waals surface area contributed by atoms with Gasteiger partial charge in [-0.2, -0.15) is 0 Å². The first-order valence-electron chi connectivity index (χ1n) is 7.01. The Labute approximate surface area is 120 Å². The second-order valence-corrected chi connectivity index (χ2v) is 6.14. The topological polar surface area (TPSA) is 84.4 Å². The van der Waals surface area contributed by atoms with Gasteiger partial charge in [0.05, 0.1) is 5.56 Å². The molecule has 0 unspecified atom stereocenters. The van der Waals surface area contributed by atoms with Crippen molar-refractivity contribution in [1.82, 2.24) is 10.2 Å². The largest absolute Gasteiger partial charge is 0.399 e. The zero-order valence-corrected chi connectivity index (χ0v) is 12.3. The smallest absolute Gasteiger partial charge is 0.253 e. The fourth-order valence-electron chi connectivity index (χ4n) is 2.51. The van der Waals surface area contributed by atoms with Crippen LogP contribution in [0.2, 0.25) is 0 Å². The van der Waals surface area contributed by atoms with Crippen LogP contribution in [0.1, 0.15) is 30.1 Å². The summed E-state index contributed by atoms with van der Waals surface area (Å²) in [5.74, 6) is -0.123. The maximum absolute atomic E-state index is 12.2. The van der Waals surface area contributed by atoms with Gasteiger partial charge >= 0.3 is 0 Å². The molecular weight excluding hydrogens is 252 g/mol. The quantitative estimate of drug-likeness (QED) is 0.727. The van der Waals surface area contributed by atoms with E-state index in [0.717, 1.165) is 25.9 Å². The van der Waals surface area contributed by atoms with Gasteiger partial charge in [-0.05, 0) is 56.6 Å². The number of nitrogens with two attached hydrogens (primary N) is 2. The molecule has 1 saturated heterocycles. The molecular formula is C15H24N4O. The lowest BCUT2D eigenvalue weighted by atomic mass is 9.80. The number of hydrogen-bond donors (Lipinski definition) is 3. The SMILES string of the molecule is CN1CCC(C)(CNC(=O)c2ccc(N)cc2N)CC1. The molecule has 2 rings (SSSR count). The number of nitrogens with zero attached hydrogens (tertiary/aromatic N) is 1. The Morgan fingerprint density at radius 2 is 2.00 bits per heavy atom. The summed E-state index contributed by atoms with van der Waals surface area (Å²) in [6, 6.07) is 4.99. The van der Waals surface area contributed by atoms with Crippen molar-refractivity contribution in [2.45, 2.75) is 19.8 Å². The van der Waals surface area contributed by atoms with Gasteiger partial charge in [-0.3, -0.25) is 4.79 Å². The Balaban J connectivity index is 1.95. The highest BCUT2D eigenvalue weighted by molar-refractivity contribution is 5.99. The molecule has 1 heterocycles. The fraction of sp³-hybridized carbons (Fsp3) is 0.533. The molecule has 110 valence electrons. The van der Waals surface area contributed by atoms with Gasteiger partial charge in [0.25, 0.3) is 5.91 Å². The second-order valence-electron chi connectivity index (χ2n) is 6.14. The van der Waals surface area contributed by atoms with Gasteiger partial charge in [0.15, 0.2) is 0 Å². The molecule has 1 amide bonds. The summed E-state index contributed by atoms with van der Waals surface area (Å²) < 4.78 is 0. The summed E-state index contributed by atoms with van der Waals surface area (Å²) in [7, 11) is 2.13. The molecule has 0 spiro atoms. The van der Waals surface area contributed by atoms with Crippen molar-refractivity contribution >= 4 is 17.3 Å². The van der Waals surface area contributed by atoms with E-state index >= 15 is 0 Å². The van der Waals surface area contributed by atoms with E-state index in [1.54, 1.807) is 18.2 Å². The van der Waals surface area contributed by atoms with Crippen LogP contribution < -0.4 is 16.8 Å². The third kappa shape index (κ3) is 3.42. The lowest BCUT2D eigenvalue weighted by molar-refractivity contribution is 0.0892. The van der Waals surface area contributed by atoms with Crippen molar-refractivity contribution in [2.75, 3.05) is 38.1 Å². The van der Waals surface area contributed by atoms with E-state index in [-0.39, 0.29) is 11.3 Å². The number of likely N-dealkylation sites (tertiary alicyclic amines) is 1. The molecule has 5 heteroatoms. The Bertz CT molecular complexity index is 493. The van der Waals surface area contributed by atoms with Crippen molar-refractivity contribution in [2.24, 2.45) is 5.41 Å². The third-order valence-electron chi connectivity index (χ3n) is 4.19. The van der Waals surface area contributed by atoms with Gasteiger partial charge in [0.2, 0.25) is 0 Å². The van der Waals surface area contributed by atoms with Gasteiger partial charge in [0.1, 0.15) is 0 Å². The van der Waals surface area contributed by atoms with Gasteiger partial charge < -0.3 is 21.7 Å². The molecule has 20 heavy (non-hydrogen) atoms. The second kappa shape index (κ2) is 5.71. The van der Waals surface area contributed by atoms with Crippen molar-refractivity contribution < 1.29 is 4.79 Å². The summed E-state index contributed by atoms with van der Waals surface area (Å²) in [4.78, 5) is 14.5. The van der Waals surface area contributed by atoms with E-state index in [0.29, 0.717) is 23.5 Å². The van der Waals surface area contributed by atoms with Gasteiger partial charge in [-0.25, -0.2) is 0 Å². The molecule has 0 aromatic heterocycles. The minimum Gasteiger partial charge on any atom is -0.399 e. The summed E-state index contributed by atoms with van der Waals surface area (Å²) in [5, 5.41) is 3.01. The highest BCUT2D eigenvalue weighted by atomic mass is 16.1. The van der Waals surface area contributed by atoms with Crippen molar-refractivity contribution in [1.29, 1.82) is 0 Å². The van der Waals surface area contributed by atoms with Crippen molar-refractivity contribution in [3.8, 4) is 0 Å². The van der Waals surface area contributed by atoms with E-state index in [9.17, 15) is 4.79 Å². The summed E-state index contributed by atoms with van der Waals surface area (Å²) in [5.41, 5.74) is 13.1. The maximum atomic E-state index is 12.2. The summed E-state index contributed by atoms with van der Waals surface area (Å²) in [6.07, 6.45) is 2.20. The van der Waals surface area contributed by atoms with Gasteiger partial charge in [0, 0.05) is 17.9 Å². The normalized spacial score (nSPS) is 18.7. The third-order valence-corrected chi connectivity index (χ3v) is 4.19. The minimum atomic E-state index is -0.123. The number of piperidine rings is 1. The average molecular weight is 276 g/mol. The van der Waals surface area contributed by atoms with E-state index in [1.165, 1.54) is 0 Å². The van der Waals surface area contributed by atoms with E-state index < -0.39 is 0 Å². The number of hydrogen-bond acceptors (Lipinski definition) is 4. The first-order chi connectivity index (χ1) is 9.39. The van der Waals surface area contributed by atoms with Crippen molar-refractivity contribution in [3.05, 3.63) is 23.8 Å². The van der Waals surface area contributed by atoms with Crippen LogP contribution in [-0.4, -0.2) is 37.5 Å². The first-order valence-corrected chi connectivity index (χ1v) is 7.01. The van der Waals surface area contributed by atoms with Crippen LogP contribution >= 0.6 is 0 Å². The molecule has 0 atom stereocenters. The zero-order chi connectivity index (χ0) is 14.8. The monoisotopic (exact) mass is 276 g/mol. The van der Waals surface area contributed by atoms with Crippen LogP contribution in [0.25, 0.3) is 0 Å². The standard InChI is InChI=1S/C15H24N4O/c1-15(5-7-19(2)8-6-15)10-18-14(20)12-4-3-11(16)9-13(12)17/h3-4,9H,5-8,10,16-17H2,1-2H3,(H,18,20). The first kappa shape index (κ1) is 14.7. The number of benzene rings is 1. The molecule has 5 nitrogen and oxygen atoms in total. The number of nitrogens with one attached hydrogen (secondary N) is 1. The predicted octanol–water partition coefficient (Wildman–Crippen LogP) is 1.31. The van der Waals surface area contributed by atoms with Crippen LogP contribution in [0.3, 0.4) is 0 Å². The molecule has 1 aliphatic heterocycles. The Morgan fingerprint density at radius 1 is 1.35 bits per heavy atom. The number of rotatable bonds is 3. The highest BCUT2D eigenvalue weighted by Gasteiger charge is 2.29. The predicted molar refractivity (Wildman–Crippen MR) is 82.4 cm³/mol. The molecule has 1 aromatic rings. The number of carbonyl (C=O) groups is 1. The van der Waals surface area contributed by atoms with Crippen LogP contribution in [0.5, 0.6) is 0 Å².